The molecule has 0 bridgehead atoms. The van der Waals surface area contributed by atoms with E-state index < -0.39 is 4.97 Å². The van der Waals surface area contributed by atoms with Gasteiger partial charge < -0.3 is 0 Å². The summed E-state index contributed by atoms with van der Waals surface area (Å²) in [4.78, 5) is 12.0. The Hall–Kier alpha value is -1.06. The number of benzene rings is 1. The molecule has 7 heteroatoms. The minimum atomic E-state index is -1.07. The van der Waals surface area contributed by atoms with Crippen molar-refractivity contribution in [2.45, 2.75) is 0 Å². The van der Waals surface area contributed by atoms with Gasteiger partial charge in [0.25, 0.3) is 0 Å². The molecule has 72 valence electrons. The molecule has 1 aromatic carbocycles. The van der Waals surface area contributed by atoms with Gasteiger partial charge in [-0.05, 0) is 14.8 Å². The molecule has 7 nitrogen and oxygen atoms in total. The van der Waals surface area contributed by atoms with Crippen LogP contribution in [0.25, 0.3) is 0 Å². The van der Waals surface area contributed by atoms with Crippen LogP contribution in [0.15, 0.2) is 30.3 Å². The molecule has 1 aromatic rings. The molecule has 0 radical (unpaired) electrons. The third kappa shape index (κ3) is 1.82. The maximum atomic E-state index is 4.92. The van der Waals surface area contributed by atoms with Gasteiger partial charge in [-0.15, -0.1) is 0 Å². The van der Waals surface area contributed by atoms with Gasteiger partial charge in [-0.1, -0.05) is 18.2 Å². The fraction of sp³-hybridized carbons (Fsp3) is 0. The number of nitrogens with zero attached hydrogens (tertiary/aromatic N) is 1. The van der Waals surface area contributed by atoms with E-state index in [1.807, 2.05) is 0 Å². The number of rotatable bonds is 4. The summed E-state index contributed by atoms with van der Waals surface area (Å²) in [5, 5.41) is 0. The first-order chi connectivity index (χ1) is 6.29. The van der Waals surface area contributed by atoms with Crippen LogP contribution in [0.1, 0.15) is 0 Å². The summed E-state index contributed by atoms with van der Waals surface area (Å²) in [7, 11) is 0. The Kier molecular flexibility index (Phi) is 3.28. The molecule has 0 fully saturated rings. The SMILES string of the molecule is NO[N+](ON)(ON)c1ccccc1. The van der Waals surface area contributed by atoms with E-state index in [1.165, 1.54) is 0 Å². The molecule has 0 heterocycles. The van der Waals surface area contributed by atoms with E-state index in [2.05, 4.69) is 14.8 Å². The van der Waals surface area contributed by atoms with Gasteiger partial charge in [0.05, 0.1) is 0 Å². The molecule has 6 N–H and O–H groups in total. The van der Waals surface area contributed by atoms with E-state index in [0.29, 0.717) is 5.69 Å². The van der Waals surface area contributed by atoms with Crippen LogP contribution in [0.3, 0.4) is 0 Å². The fourth-order valence-corrected chi connectivity index (χ4v) is 0.868. The summed E-state index contributed by atoms with van der Waals surface area (Å²) in [6.45, 7) is 0. The van der Waals surface area contributed by atoms with Gasteiger partial charge in [-0.2, -0.15) is 17.7 Å². The van der Waals surface area contributed by atoms with Crippen molar-refractivity contribution in [3.63, 3.8) is 0 Å². The van der Waals surface area contributed by atoms with Gasteiger partial charge in [0, 0.05) is 12.1 Å². The zero-order valence-corrected chi connectivity index (χ0v) is 6.79. The third-order valence-corrected chi connectivity index (χ3v) is 1.49. The molecule has 0 aromatic heterocycles. The first-order valence-corrected chi connectivity index (χ1v) is 3.39. The number of hydrogen-bond donors (Lipinski definition) is 3. The zero-order valence-electron chi connectivity index (χ0n) is 6.79. The summed E-state index contributed by atoms with van der Waals surface area (Å²) in [6, 6.07) is 8.47. The predicted molar refractivity (Wildman–Crippen MR) is 44.1 cm³/mol. The van der Waals surface area contributed by atoms with Crippen LogP contribution in [-0.2, 0) is 14.8 Å². The van der Waals surface area contributed by atoms with Crippen molar-refractivity contribution in [3.05, 3.63) is 30.3 Å². The first kappa shape index (κ1) is 10.0. The average molecular weight is 187 g/mol. The van der Waals surface area contributed by atoms with Gasteiger partial charge in [0.1, 0.15) is 0 Å². The highest BCUT2D eigenvalue weighted by molar-refractivity contribution is 5.36. The lowest BCUT2D eigenvalue weighted by molar-refractivity contribution is -0.516. The first-order valence-electron chi connectivity index (χ1n) is 3.39. The van der Waals surface area contributed by atoms with Crippen molar-refractivity contribution >= 4 is 5.69 Å². The second-order valence-electron chi connectivity index (χ2n) is 2.15. The second kappa shape index (κ2) is 4.25. The van der Waals surface area contributed by atoms with Crippen molar-refractivity contribution < 1.29 is 14.8 Å². The summed E-state index contributed by atoms with van der Waals surface area (Å²) < 4.78 is 0. The highest BCUT2D eigenvalue weighted by atomic mass is 17.3. The van der Waals surface area contributed by atoms with E-state index in [4.69, 9.17) is 17.7 Å². The molecule has 0 unspecified atom stereocenters. The summed E-state index contributed by atoms with van der Waals surface area (Å²) in [5.41, 5.74) is 0.398. The summed E-state index contributed by atoms with van der Waals surface area (Å²) >= 11 is 0. The molecule has 0 aliphatic heterocycles. The van der Waals surface area contributed by atoms with Gasteiger partial charge in [0.15, 0.2) is 4.97 Å². The monoisotopic (exact) mass is 187 g/mol. The summed E-state index contributed by atoms with van der Waals surface area (Å²) in [5.74, 6) is 14.8. The minimum absolute atomic E-state index is 0.398. The molecular weight excluding hydrogens is 176 g/mol. The zero-order chi connectivity index (χ0) is 9.73. The second-order valence-corrected chi connectivity index (χ2v) is 2.15. The normalized spacial score (nSPS) is 11.6. The number of nitrogens with two attached hydrogens (primary N) is 3. The molecule has 13 heavy (non-hydrogen) atoms. The number of quaternary nitrogens is 1. The molecule has 0 atom stereocenters. The predicted octanol–water partition coefficient (Wildman–Crippen LogP) is -0.590. The van der Waals surface area contributed by atoms with E-state index in [-0.39, 0.29) is 0 Å². The quantitative estimate of drug-likeness (QED) is 0.429. The van der Waals surface area contributed by atoms with Crippen LogP contribution >= 0.6 is 0 Å². The van der Waals surface area contributed by atoms with Crippen LogP contribution in [0.2, 0.25) is 0 Å². The Morgan fingerprint density at radius 1 is 0.846 bits per heavy atom. The van der Waals surface area contributed by atoms with E-state index >= 15 is 0 Å². The molecule has 0 saturated heterocycles. The number of hydrogen-bond acceptors (Lipinski definition) is 6. The lowest BCUT2D eigenvalue weighted by atomic mass is 10.3. The van der Waals surface area contributed by atoms with Crippen molar-refractivity contribution in [2.24, 2.45) is 17.7 Å². The van der Waals surface area contributed by atoms with Gasteiger partial charge in [0.2, 0.25) is 5.69 Å². The van der Waals surface area contributed by atoms with Gasteiger partial charge in [-0.3, -0.25) is 0 Å². The van der Waals surface area contributed by atoms with Crippen molar-refractivity contribution in [2.75, 3.05) is 0 Å². The Morgan fingerprint density at radius 3 is 1.69 bits per heavy atom. The van der Waals surface area contributed by atoms with Crippen LogP contribution in [0.5, 0.6) is 0 Å². The highest BCUT2D eigenvalue weighted by Crippen LogP contribution is 2.20. The van der Waals surface area contributed by atoms with Crippen molar-refractivity contribution in [3.8, 4) is 0 Å². The van der Waals surface area contributed by atoms with Crippen LogP contribution in [-0.4, -0.2) is 0 Å². The maximum absolute atomic E-state index is 4.92. The molecule has 1 rings (SSSR count). The summed E-state index contributed by atoms with van der Waals surface area (Å²) in [6.07, 6.45) is 0. The Balaban J connectivity index is 3.01. The third-order valence-electron chi connectivity index (χ3n) is 1.49. The standard InChI is InChI=1S/C6H11N4O3/c7-11-10(12-8,13-9)6-4-2-1-3-5-6/h1-5H,7-9H2/q+1. The van der Waals surface area contributed by atoms with E-state index in [9.17, 15) is 0 Å². The van der Waals surface area contributed by atoms with E-state index in [1.54, 1.807) is 30.3 Å². The average Bonchev–Trinajstić information content (AvgIpc) is 2.23. The molecule has 0 aliphatic rings. The van der Waals surface area contributed by atoms with Crippen LogP contribution in [0, 0.1) is 0 Å². The van der Waals surface area contributed by atoms with Gasteiger partial charge in [-0.25, -0.2) is 0 Å². The largest absolute Gasteiger partial charge is 0.244 e. The topological polar surface area (TPSA) is 106 Å². The molecule has 0 amide bonds. The Morgan fingerprint density at radius 2 is 1.31 bits per heavy atom. The lowest BCUT2D eigenvalue weighted by Crippen LogP contribution is -2.54. The Bertz CT molecular complexity index is 243. The smallest absolute Gasteiger partial charge is 0.153 e. The van der Waals surface area contributed by atoms with Crippen LogP contribution < -0.4 is 22.7 Å². The van der Waals surface area contributed by atoms with Gasteiger partial charge >= 0.3 is 0 Å². The fourth-order valence-electron chi connectivity index (χ4n) is 0.868. The lowest BCUT2D eigenvalue weighted by Gasteiger charge is -2.19. The molecule has 0 saturated carbocycles. The van der Waals surface area contributed by atoms with E-state index in [0.717, 1.165) is 0 Å². The minimum Gasteiger partial charge on any atom is -0.153 e. The molecule has 0 spiro atoms. The molecular formula is C6H11N4O3+. The highest BCUT2D eigenvalue weighted by Gasteiger charge is 2.38. The Labute approximate surface area is 74.5 Å². The van der Waals surface area contributed by atoms with Crippen LogP contribution in [0.4, 0.5) is 5.69 Å². The maximum Gasteiger partial charge on any atom is 0.244 e. The van der Waals surface area contributed by atoms with Crippen molar-refractivity contribution in [1.82, 2.24) is 4.97 Å². The molecule has 0 aliphatic carbocycles. The van der Waals surface area contributed by atoms with Crippen molar-refractivity contribution in [1.29, 1.82) is 0 Å².